The third kappa shape index (κ3) is 9.38. The molecule has 1 aliphatic heterocycles. The molecule has 0 saturated heterocycles. The molecule has 0 aliphatic carbocycles. The molecule has 0 spiro atoms. The number of halogens is 1. The third-order valence-electron chi connectivity index (χ3n) is 7.34. The number of nitrogens with one attached hydrogen (secondary N) is 2. The molecular weight excluding hydrogens is 535 g/mol. The summed E-state index contributed by atoms with van der Waals surface area (Å²) in [6.45, 7) is -0.177. The number of rotatable bonds is 9. The van der Waals surface area contributed by atoms with Crippen LogP contribution in [0.2, 0.25) is 0 Å². The number of hydrogen-bond donors (Lipinski definition) is 3. The van der Waals surface area contributed by atoms with Gasteiger partial charge >= 0.3 is 5.97 Å². The summed E-state index contributed by atoms with van der Waals surface area (Å²) >= 11 is 0. The van der Waals surface area contributed by atoms with Crippen LogP contribution in [0.5, 0.6) is 0 Å². The topological polar surface area (TPSA) is 105 Å². The largest absolute Gasteiger partial charge is 0.455 e. The van der Waals surface area contributed by atoms with E-state index in [1.54, 1.807) is 12.1 Å². The van der Waals surface area contributed by atoms with Crippen LogP contribution in [0.15, 0.2) is 97.1 Å². The van der Waals surface area contributed by atoms with Gasteiger partial charge in [-0.2, -0.15) is 0 Å². The Morgan fingerprint density at radius 1 is 0.905 bits per heavy atom. The van der Waals surface area contributed by atoms with Gasteiger partial charge in [0.15, 0.2) is 0 Å². The zero-order valence-corrected chi connectivity index (χ0v) is 23.5. The van der Waals surface area contributed by atoms with E-state index in [-0.39, 0.29) is 37.2 Å². The quantitative estimate of drug-likeness (QED) is 0.260. The second kappa shape index (κ2) is 15.6. The van der Waals surface area contributed by atoms with Gasteiger partial charge in [0, 0.05) is 6.42 Å². The lowest BCUT2D eigenvalue weighted by Crippen LogP contribution is -2.42. The molecule has 4 rings (SSSR count). The zero-order chi connectivity index (χ0) is 29.7. The summed E-state index contributed by atoms with van der Waals surface area (Å²) in [6, 6.07) is 24.3. The van der Waals surface area contributed by atoms with Gasteiger partial charge in [-0.3, -0.25) is 14.4 Å². The fourth-order valence-corrected chi connectivity index (χ4v) is 5.01. The first-order chi connectivity index (χ1) is 20.4. The number of esters is 1. The van der Waals surface area contributed by atoms with Gasteiger partial charge in [0.2, 0.25) is 11.8 Å². The molecule has 1 aliphatic rings. The minimum atomic E-state index is -0.721. The molecule has 4 atom stereocenters. The number of carbonyl (C=O) groups excluding carboxylic acids is 3. The van der Waals surface area contributed by atoms with E-state index in [4.69, 9.17) is 4.74 Å². The first kappa shape index (κ1) is 30.7. The van der Waals surface area contributed by atoms with Crippen molar-refractivity contribution < 1.29 is 28.6 Å². The van der Waals surface area contributed by atoms with Gasteiger partial charge in [0.25, 0.3) is 0 Å². The lowest BCUT2D eigenvalue weighted by Gasteiger charge is -2.24. The monoisotopic (exact) mass is 572 g/mol. The van der Waals surface area contributed by atoms with Crippen LogP contribution >= 0.6 is 0 Å². The van der Waals surface area contributed by atoms with Gasteiger partial charge in [-0.15, -0.1) is 0 Å². The van der Waals surface area contributed by atoms with E-state index in [1.165, 1.54) is 12.1 Å². The lowest BCUT2D eigenvalue weighted by atomic mass is 9.94. The minimum absolute atomic E-state index is 0.0486. The Kier molecular flexibility index (Phi) is 11.4. The second-order valence-corrected chi connectivity index (χ2v) is 10.6. The van der Waals surface area contributed by atoms with Crippen molar-refractivity contribution in [3.63, 3.8) is 0 Å². The fraction of sp³-hybridized carbons (Fsp3) is 0.324. The Bertz CT molecular complexity index is 1330. The van der Waals surface area contributed by atoms with Crippen molar-refractivity contribution in [3.8, 4) is 0 Å². The maximum absolute atomic E-state index is 13.5. The Morgan fingerprint density at radius 2 is 1.55 bits per heavy atom. The molecule has 42 heavy (non-hydrogen) atoms. The Balaban J connectivity index is 1.48. The number of hydrogen-bond acceptors (Lipinski definition) is 5. The Labute approximate surface area is 245 Å². The SMILES string of the molecule is O=C(C[C@H]1C/C=C\C[C@@H](Cc2ccc(F)cc2)C(=O)O[C@@H](c2ccccc2)CNC1=O)N[C@@H](CO)Cc1ccccc1. The normalized spacial score (nSPS) is 21.1. The third-order valence-corrected chi connectivity index (χ3v) is 7.34. The number of aliphatic hydroxyl groups is 1. The molecule has 7 nitrogen and oxygen atoms in total. The second-order valence-electron chi connectivity index (χ2n) is 10.6. The summed E-state index contributed by atoms with van der Waals surface area (Å²) in [6.07, 6.45) is 4.37. The van der Waals surface area contributed by atoms with Crippen molar-refractivity contribution in [2.45, 2.75) is 44.2 Å². The van der Waals surface area contributed by atoms with Crippen LogP contribution < -0.4 is 10.6 Å². The molecule has 8 heteroatoms. The van der Waals surface area contributed by atoms with Crippen molar-refractivity contribution in [2.24, 2.45) is 11.8 Å². The molecule has 1 heterocycles. The molecule has 0 radical (unpaired) electrons. The summed E-state index contributed by atoms with van der Waals surface area (Å²) in [5.74, 6) is -2.57. The maximum atomic E-state index is 13.5. The molecule has 0 aromatic heterocycles. The summed E-state index contributed by atoms with van der Waals surface area (Å²) in [4.78, 5) is 39.6. The predicted octanol–water partition coefficient (Wildman–Crippen LogP) is 4.46. The average molecular weight is 573 g/mol. The van der Waals surface area contributed by atoms with Crippen LogP contribution in [0.25, 0.3) is 0 Å². The van der Waals surface area contributed by atoms with E-state index in [0.29, 0.717) is 25.7 Å². The van der Waals surface area contributed by atoms with Crippen LogP contribution in [0.4, 0.5) is 4.39 Å². The number of carbonyl (C=O) groups is 3. The van der Waals surface area contributed by atoms with Gasteiger partial charge in [-0.1, -0.05) is 84.9 Å². The first-order valence-electron chi connectivity index (χ1n) is 14.3. The van der Waals surface area contributed by atoms with E-state index < -0.39 is 30.0 Å². The van der Waals surface area contributed by atoms with Crippen molar-refractivity contribution >= 4 is 17.8 Å². The molecule has 0 bridgehead atoms. The van der Waals surface area contributed by atoms with Gasteiger partial charge in [0.1, 0.15) is 11.9 Å². The number of benzene rings is 3. The number of ether oxygens (including phenoxy) is 1. The summed E-state index contributed by atoms with van der Waals surface area (Å²) < 4.78 is 19.4. The summed E-state index contributed by atoms with van der Waals surface area (Å²) in [5, 5.41) is 15.6. The molecule has 3 N–H and O–H groups in total. The van der Waals surface area contributed by atoms with Crippen LogP contribution in [0.3, 0.4) is 0 Å². The highest BCUT2D eigenvalue weighted by molar-refractivity contribution is 5.86. The minimum Gasteiger partial charge on any atom is -0.455 e. The van der Waals surface area contributed by atoms with Gasteiger partial charge in [0.05, 0.1) is 31.0 Å². The molecule has 0 unspecified atom stereocenters. The van der Waals surface area contributed by atoms with Crippen LogP contribution in [0.1, 0.15) is 42.1 Å². The summed E-state index contributed by atoms with van der Waals surface area (Å²) in [5.41, 5.74) is 2.53. The highest BCUT2D eigenvalue weighted by Gasteiger charge is 2.28. The molecular formula is C34H37FN2O5. The van der Waals surface area contributed by atoms with Crippen molar-refractivity contribution in [3.05, 3.63) is 120 Å². The molecule has 3 aromatic rings. The van der Waals surface area contributed by atoms with E-state index in [9.17, 15) is 23.9 Å². The fourth-order valence-electron chi connectivity index (χ4n) is 5.01. The molecule has 3 aromatic carbocycles. The van der Waals surface area contributed by atoms with E-state index in [2.05, 4.69) is 10.6 Å². The standard InChI is InChI=1S/C34H37FN2O5/c35-29-17-15-25(16-18-29)19-28-14-8-7-13-27(21-32(39)37-30(23-38)20-24-9-3-1-4-10-24)33(40)36-22-31(42-34(28)41)26-11-5-2-6-12-26/h1-12,15-18,27-28,30-31,38H,13-14,19-23H2,(H,36,40)(H,37,39)/b8-7-/t27-,28+,30-,31-/m1/s1. The smallest absolute Gasteiger partial charge is 0.310 e. The molecule has 0 saturated carbocycles. The predicted molar refractivity (Wildman–Crippen MR) is 158 cm³/mol. The van der Waals surface area contributed by atoms with Gasteiger partial charge in [-0.25, -0.2) is 4.39 Å². The Hall–Kier alpha value is -4.30. The van der Waals surface area contributed by atoms with E-state index >= 15 is 0 Å². The molecule has 0 fully saturated rings. The number of amides is 2. The lowest BCUT2D eigenvalue weighted by molar-refractivity contribution is -0.154. The molecule has 2 amide bonds. The highest BCUT2D eigenvalue weighted by atomic mass is 19.1. The Morgan fingerprint density at radius 3 is 2.21 bits per heavy atom. The number of aliphatic hydroxyl groups excluding tert-OH is 1. The highest BCUT2D eigenvalue weighted by Crippen LogP contribution is 2.24. The van der Waals surface area contributed by atoms with Crippen LogP contribution in [-0.2, 0) is 32.0 Å². The number of cyclic esters (lactones) is 1. The van der Waals surface area contributed by atoms with Gasteiger partial charge in [-0.05, 0) is 54.5 Å². The maximum Gasteiger partial charge on any atom is 0.310 e. The van der Waals surface area contributed by atoms with Crippen molar-refractivity contribution in [1.29, 1.82) is 0 Å². The molecule has 220 valence electrons. The number of allylic oxidation sites excluding steroid dienone is 2. The van der Waals surface area contributed by atoms with Gasteiger partial charge < -0.3 is 20.5 Å². The summed E-state index contributed by atoms with van der Waals surface area (Å²) in [7, 11) is 0. The van der Waals surface area contributed by atoms with Crippen LogP contribution in [0, 0.1) is 17.7 Å². The van der Waals surface area contributed by atoms with Crippen molar-refractivity contribution in [2.75, 3.05) is 13.2 Å². The van der Waals surface area contributed by atoms with Crippen LogP contribution in [-0.4, -0.2) is 42.1 Å². The first-order valence-corrected chi connectivity index (χ1v) is 14.3. The average Bonchev–Trinajstić information content (AvgIpc) is 3.00. The zero-order valence-electron chi connectivity index (χ0n) is 23.5. The van der Waals surface area contributed by atoms with E-state index in [0.717, 1.165) is 16.7 Å². The van der Waals surface area contributed by atoms with E-state index in [1.807, 2.05) is 72.8 Å². The van der Waals surface area contributed by atoms with Crippen molar-refractivity contribution in [1.82, 2.24) is 10.6 Å².